The molecule has 0 spiro atoms. The number of carbonyl (C=O) groups is 1. The van der Waals surface area contributed by atoms with Crippen molar-refractivity contribution in [2.45, 2.75) is 64.5 Å². The van der Waals surface area contributed by atoms with Crippen LogP contribution < -0.4 is 5.32 Å². The molecule has 4 heteroatoms. The van der Waals surface area contributed by atoms with Crippen molar-refractivity contribution in [3.63, 3.8) is 0 Å². The third-order valence-corrected chi connectivity index (χ3v) is 3.91. The zero-order chi connectivity index (χ0) is 14.3. The molecule has 1 N–H and O–H groups in total. The van der Waals surface area contributed by atoms with E-state index < -0.39 is 0 Å². The molecule has 0 radical (unpaired) electrons. The zero-order valence-corrected chi connectivity index (χ0v) is 13.1. The van der Waals surface area contributed by atoms with Crippen LogP contribution in [0.5, 0.6) is 0 Å². The van der Waals surface area contributed by atoms with E-state index in [-0.39, 0.29) is 6.03 Å². The molecular weight excluding hydrogens is 238 g/mol. The van der Waals surface area contributed by atoms with Crippen molar-refractivity contribution < 1.29 is 4.79 Å². The monoisotopic (exact) mass is 269 g/mol. The Morgan fingerprint density at radius 2 is 1.95 bits per heavy atom. The van der Waals surface area contributed by atoms with Gasteiger partial charge in [-0.1, -0.05) is 26.2 Å². The van der Waals surface area contributed by atoms with Crippen LogP contribution in [0.15, 0.2) is 0 Å². The number of amides is 2. The van der Waals surface area contributed by atoms with Gasteiger partial charge < -0.3 is 15.1 Å². The van der Waals surface area contributed by atoms with E-state index in [9.17, 15) is 4.79 Å². The molecule has 1 aliphatic heterocycles. The Morgan fingerprint density at radius 1 is 1.32 bits per heavy atom. The van der Waals surface area contributed by atoms with E-state index in [0.717, 1.165) is 25.9 Å². The maximum Gasteiger partial charge on any atom is 0.319 e. The first-order valence-corrected chi connectivity index (χ1v) is 7.76. The van der Waals surface area contributed by atoms with Crippen LogP contribution in [-0.4, -0.2) is 55.1 Å². The van der Waals surface area contributed by atoms with Crippen molar-refractivity contribution in [1.82, 2.24) is 15.1 Å². The molecule has 0 aliphatic carbocycles. The van der Waals surface area contributed by atoms with Crippen molar-refractivity contribution in [2.75, 3.05) is 27.2 Å². The number of rotatable bonds is 6. The van der Waals surface area contributed by atoms with Gasteiger partial charge in [-0.25, -0.2) is 4.79 Å². The first-order valence-electron chi connectivity index (χ1n) is 7.76. The molecule has 1 aliphatic rings. The smallest absolute Gasteiger partial charge is 0.319 e. The van der Waals surface area contributed by atoms with Gasteiger partial charge in [-0.15, -0.1) is 0 Å². The summed E-state index contributed by atoms with van der Waals surface area (Å²) in [6, 6.07) is 1.34. The molecule has 2 amide bonds. The van der Waals surface area contributed by atoms with Crippen LogP contribution in [-0.2, 0) is 0 Å². The van der Waals surface area contributed by atoms with Gasteiger partial charge in [-0.05, 0) is 26.2 Å². The van der Waals surface area contributed by atoms with Gasteiger partial charge in [0.05, 0.1) is 0 Å². The molecule has 1 rings (SSSR count). The lowest BCUT2D eigenvalue weighted by molar-refractivity contribution is 0.150. The van der Waals surface area contributed by atoms with Crippen LogP contribution in [0.4, 0.5) is 4.79 Å². The summed E-state index contributed by atoms with van der Waals surface area (Å²) in [6.07, 6.45) is 7.38. The topological polar surface area (TPSA) is 35.6 Å². The number of carbonyl (C=O) groups excluding carboxylic acids is 1. The number of nitrogens with zero attached hydrogens (tertiary/aromatic N) is 2. The fraction of sp³-hybridized carbons (Fsp3) is 0.933. The molecule has 1 atom stereocenters. The number of piperidine rings is 1. The third kappa shape index (κ3) is 5.81. The quantitative estimate of drug-likeness (QED) is 0.753. The summed E-state index contributed by atoms with van der Waals surface area (Å²) in [5.41, 5.74) is 0. The number of hydrogen-bond donors (Lipinski definition) is 1. The highest BCUT2D eigenvalue weighted by atomic mass is 16.2. The Labute approximate surface area is 118 Å². The minimum absolute atomic E-state index is 0.148. The van der Waals surface area contributed by atoms with Crippen LogP contribution in [0.2, 0.25) is 0 Å². The Bertz CT molecular complexity index is 260. The highest BCUT2D eigenvalue weighted by Gasteiger charge is 2.24. The first-order chi connectivity index (χ1) is 9.04. The summed E-state index contributed by atoms with van der Waals surface area (Å²) in [5, 5.41) is 3.71. The number of hydrogen-bond acceptors (Lipinski definition) is 2. The molecule has 1 heterocycles. The lowest BCUT2D eigenvalue weighted by Crippen LogP contribution is -2.49. The van der Waals surface area contributed by atoms with Crippen molar-refractivity contribution >= 4 is 6.03 Å². The summed E-state index contributed by atoms with van der Waals surface area (Å²) in [4.78, 5) is 15.5. The summed E-state index contributed by atoms with van der Waals surface area (Å²) in [6.45, 7) is 6.30. The molecule has 0 aromatic rings. The van der Waals surface area contributed by atoms with Gasteiger partial charge in [0.1, 0.15) is 0 Å². The SMILES string of the molecule is CCCCCC(C)NC1CCN(C(=O)N(C)C)CC1. The third-order valence-electron chi connectivity index (χ3n) is 3.91. The molecule has 0 aromatic carbocycles. The van der Waals surface area contributed by atoms with Crippen LogP contribution in [0.25, 0.3) is 0 Å². The maximum atomic E-state index is 11.8. The minimum atomic E-state index is 0.148. The molecular formula is C15H31N3O. The van der Waals surface area contributed by atoms with Crippen LogP contribution in [0.1, 0.15) is 52.4 Å². The van der Waals surface area contributed by atoms with Crippen molar-refractivity contribution in [2.24, 2.45) is 0 Å². The molecule has 19 heavy (non-hydrogen) atoms. The number of likely N-dealkylation sites (tertiary alicyclic amines) is 1. The van der Waals surface area contributed by atoms with E-state index in [1.807, 2.05) is 19.0 Å². The van der Waals surface area contributed by atoms with Gasteiger partial charge in [-0.2, -0.15) is 0 Å². The molecule has 1 saturated heterocycles. The standard InChI is InChI=1S/C15H31N3O/c1-5-6-7-8-13(2)16-14-9-11-18(12-10-14)15(19)17(3)4/h13-14,16H,5-12H2,1-4H3. The highest BCUT2D eigenvalue weighted by Crippen LogP contribution is 2.13. The van der Waals surface area contributed by atoms with Gasteiger partial charge in [0, 0.05) is 39.3 Å². The number of unbranched alkanes of at least 4 members (excludes halogenated alkanes) is 2. The van der Waals surface area contributed by atoms with Crippen molar-refractivity contribution in [3.8, 4) is 0 Å². The molecule has 0 saturated carbocycles. The summed E-state index contributed by atoms with van der Waals surface area (Å²) < 4.78 is 0. The molecule has 112 valence electrons. The molecule has 0 bridgehead atoms. The zero-order valence-electron chi connectivity index (χ0n) is 13.1. The second-order valence-electron chi connectivity index (χ2n) is 6.00. The van der Waals surface area contributed by atoms with Gasteiger partial charge in [0.25, 0.3) is 0 Å². The summed E-state index contributed by atoms with van der Waals surface area (Å²) >= 11 is 0. The first kappa shape index (κ1) is 16.3. The van der Waals surface area contributed by atoms with Gasteiger partial charge in [0.15, 0.2) is 0 Å². The van der Waals surface area contributed by atoms with Gasteiger partial charge in [0.2, 0.25) is 0 Å². The highest BCUT2D eigenvalue weighted by molar-refractivity contribution is 5.73. The number of nitrogens with one attached hydrogen (secondary N) is 1. The maximum absolute atomic E-state index is 11.8. The molecule has 1 unspecified atom stereocenters. The Kier molecular flexibility index (Phi) is 7.21. The Balaban J connectivity index is 2.21. The second kappa shape index (κ2) is 8.41. The van der Waals surface area contributed by atoms with Crippen LogP contribution >= 0.6 is 0 Å². The second-order valence-corrected chi connectivity index (χ2v) is 6.00. The van der Waals surface area contributed by atoms with Crippen LogP contribution in [0.3, 0.4) is 0 Å². The van der Waals surface area contributed by atoms with Gasteiger partial charge in [-0.3, -0.25) is 0 Å². The summed E-state index contributed by atoms with van der Waals surface area (Å²) in [5.74, 6) is 0. The Morgan fingerprint density at radius 3 is 2.47 bits per heavy atom. The summed E-state index contributed by atoms with van der Waals surface area (Å²) in [7, 11) is 3.64. The van der Waals surface area contributed by atoms with E-state index in [0.29, 0.717) is 12.1 Å². The molecule has 4 nitrogen and oxygen atoms in total. The van der Waals surface area contributed by atoms with Crippen LogP contribution in [0, 0.1) is 0 Å². The van der Waals surface area contributed by atoms with E-state index in [1.165, 1.54) is 25.7 Å². The van der Waals surface area contributed by atoms with E-state index >= 15 is 0 Å². The van der Waals surface area contributed by atoms with E-state index in [2.05, 4.69) is 19.2 Å². The molecule has 0 aromatic heterocycles. The predicted molar refractivity (Wildman–Crippen MR) is 80.4 cm³/mol. The largest absolute Gasteiger partial charge is 0.331 e. The minimum Gasteiger partial charge on any atom is -0.331 e. The van der Waals surface area contributed by atoms with Gasteiger partial charge >= 0.3 is 6.03 Å². The average molecular weight is 269 g/mol. The Hall–Kier alpha value is -0.770. The fourth-order valence-electron chi connectivity index (χ4n) is 2.71. The fourth-order valence-corrected chi connectivity index (χ4v) is 2.71. The van der Waals surface area contributed by atoms with Crippen molar-refractivity contribution in [1.29, 1.82) is 0 Å². The van der Waals surface area contributed by atoms with E-state index in [4.69, 9.17) is 0 Å². The lowest BCUT2D eigenvalue weighted by Gasteiger charge is -2.35. The molecule has 1 fully saturated rings. The van der Waals surface area contributed by atoms with Crippen molar-refractivity contribution in [3.05, 3.63) is 0 Å². The predicted octanol–water partition coefficient (Wildman–Crippen LogP) is 2.69. The average Bonchev–Trinajstić information content (AvgIpc) is 2.39. The van der Waals surface area contributed by atoms with E-state index in [1.54, 1.807) is 4.90 Å². The normalized spacial score (nSPS) is 18.4. The lowest BCUT2D eigenvalue weighted by atomic mass is 10.0. The number of urea groups is 1.